The molecule has 4 heterocycles. The van der Waals surface area contributed by atoms with Crippen LogP contribution in [-0.2, 0) is 12.4 Å². The van der Waals surface area contributed by atoms with E-state index in [4.69, 9.17) is 34.8 Å². The summed E-state index contributed by atoms with van der Waals surface area (Å²) < 4.78 is 0. The number of pyridine rings is 2. The van der Waals surface area contributed by atoms with Gasteiger partial charge < -0.3 is 15.5 Å². The van der Waals surface area contributed by atoms with E-state index in [9.17, 15) is 20.2 Å². The van der Waals surface area contributed by atoms with Crippen molar-refractivity contribution in [2.24, 2.45) is 10.2 Å². The molecule has 2 aliphatic heterocycles. The van der Waals surface area contributed by atoms with Gasteiger partial charge in [0, 0.05) is 50.9 Å². The van der Waals surface area contributed by atoms with Gasteiger partial charge in [-0.05, 0) is 29.7 Å². The number of nitro groups is 2. The molecule has 0 aliphatic carbocycles. The molecule has 188 valence electrons. The second kappa shape index (κ2) is 14.9. The van der Waals surface area contributed by atoms with Gasteiger partial charge in [-0.3, -0.25) is 0 Å². The van der Waals surface area contributed by atoms with Crippen LogP contribution in [0.4, 0.5) is 0 Å². The van der Waals surface area contributed by atoms with Crippen molar-refractivity contribution >= 4 is 46.6 Å². The molecule has 2 saturated heterocycles. The molecule has 0 saturated carbocycles. The van der Waals surface area contributed by atoms with E-state index in [1.807, 2.05) is 17.0 Å². The third kappa shape index (κ3) is 11.1. The van der Waals surface area contributed by atoms with Gasteiger partial charge in [-0.1, -0.05) is 35.3 Å². The number of nitrogens with one attached hydrogen (secondary N) is 2. The molecular weight excluding hydrogens is 525 g/mol. The normalized spacial score (nSPS) is 15.2. The van der Waals surface area contributed by atoms with Gasteiger partial charge in [0.2, 0.25) is 0 Å². The number of hydrazone groups is 2. The van der Waals surface area contributed by atoms with Gasteiger partial charge in [-0.25, -0.2) is 30.2 Å². The molecule has 0 amide bonds. The Morgan fingerprint density at radius 1 is 0.943 bits per heavy atom. The van der Waals surface area contributed by atoms with E-state index in [2.05, 4.69) is 30.8 Å². The Labute approximate surface area is 215 Å². The Kier molecular flexibility index (Phi) is 11.9. The lowest BCUT2D eigenvalue weighted by atomic mass is 10.3. The van der Waals surface area contributed by atoms with E-state index in [-0.39, 0.29) is 5.96 Å². The molecule has 4 rings (SSSR count). The maximum atomic E-state index is 10.4. The highest BCUT2D eigenvalue weighted by molar-refractivity contribution is 6.29. The summed E-state index contributed by atoms with van der Waals surface area (Å²) in [5, 5.41) is 31.4. The fourth-order valence-electron chi connectivity index (χ4n) is 2.88. The van der Waals surface area contributed by atoms with Crippen molar-refractivity contribution in [3.8, 4) is 0 Å². The van der Waals surface area contributed by atoms with Gasteiger partial charge in [0.05, 0.1) is 5.10 Å². The van der Waals surface area contributed by atoms with Crippen LogP contribution in [0.5, 0.6) is 0 Å². The molecule has 35 heavy (non-hydrogen) atoms. The molecule has 0 radical (unpaired) electrons. The van der Waals surface area contributed by atoms with E-state index >= 15 is 0 Å². The topological polar surface area (TPSA) is 164 Å². The average Bonchev–Trinajstić information content (AvgIpc) is 3.48. The van der Waals surface area contributed by atoms with Gasteiger partial charge in [0.25, 0.3) is 5.96 Å². The molecular formula is C19H22Cl3N9O4. The summed E-state index contributed by atoms with van der Waals surface area (Å²) in [6.45, 7) is 2.77. The highest BCUT2D eigenvalue weighted by atomic mass is 35.5. The van der Waals surface area contributed by atoms with Crippen LogP contribution >= 0.6 is 34.8 Å². The lowest BCUT2D eigenvalue weighted by Crippen LogP contribution is -2.25. The highest BCUT2D eigenvalue weighted by Crippen LogP contribution is 2.16. The third-order valence-corrected chi connectivity index (χ3v) is 5.14. The van der Waals surface area contributed by atoms with Crippen molar-refractivity contribution in [2.45, 2.75) is 25.3 Å². The molecule has 0 atom stereocenters. The van der Waals surface area contributed by atoms with Crippen LogP contribution < -0.4 is 10.6 Å². The lowest BCUT2D eigenvalue weighted by molar-refractivity contribution is -0.485. The quantitative estimate of drug-likeness (QED) is 0.248. The Hall–Kier alpha value is -3.29. The van der Waals surface area contributed by atoms with Crippen molar-refractivity contribution in [1.29, 1.82) is 0 Å². The number of rotatable bonds is 5. The molecule has 2 aromatic heterocycles. The van der Waals surface area contributed by atoms with Crippen molar-refractivity contribution in [3.05, 3.63) is 78.3 Å². The summed E-state index contributed by atoms with van der Waals surface area (Å²) in [5.41, 5.74) is 1.95. The number of nitrogens with zero attached hydrogens (tertiary/aromatic N) is 7. The molecule has 16 heteroatoms. The van der Waals surface area contributed by atoms with Crippen LogP contribution in [0.15, 0.2) is 46.9 Å². The molecule has 2 N–H and O–H groups in total. The van der Waals surface area contributed by atoms with Crippen molar-refractivity contribution in [2.75, 3.05) is 19.6 Å². The smallest absolute Gasteiger partial charge is 0.268 e. The van der Waals surface area contributed by atoms with E-state index in [0.717, 1.165) is 24.1 Å². The minimum absolute atomic E-state index is 0.250. The first-order valence-corrected chi connectivity index (χ1v) is 11.5. The van der Waals surface area contributed by atoms with Gasteiger partial charge in [-0.15, -0.1) is 11.6 Å². The minimum atomic E-state index is -0.735. The summed E-state index contributed by atoms with van der Waals surface area (Å²) in [7, 11) is 0. The number of hydrogen-bond donors (Lipinski definition) is 2. The highest BCUT2D eigenvalue weighted by Gasteiger charge is 2.21. The molecule has 2 aromatic rings. The van der Waals surface area contributed by atoms with Crippen molar-refractivity contribution in [1.82, 2.24) is 25.5 Å². The van der Waals surface area contributed by atoms with Crippen molar-refractivity contribution < 1.29 is 10.1 Å². The zero-order valence-corrected chi connectivity index (χ0v) is 20.6. The standard InChI is InChI=1S/C10H11ClN4O2.C6H5Cl2N.C3H6N4O2/c11-9-4-3-8(6-12-9)7-14-5-1-2-10(14)13-15(16)17;7-3-5-1-2-6(8)9-4-5;8-7(9)6-3-4-1-2-5-3/h3-4,6H,1-2,5,7H2;1-2,4H,3H2;1-2H2,(H2,4,5,6). The van der Waals surface area contributed by atoms with Gasteiger partial charge >= 0.3 is 0 Å². The fourth-order valence-corrected chi connectivity index (χ4v) is 3.26. The minimum Gasteiger partial charge on any atom is -0.351 e. The van der Waals surface area contributed by atoms with E-state index in [1.165, 1.54) is 0 Å². The first-order valence-electron chi connectivity index (χ1n) is 10.2. The molecule has 2 aliphatic rings. The monoisotopic (exact) mass is 545 g/mol. The molecule has 0 unspecified atom stereocenters. The second-order valence-electron chi connectivity index (χ2n) is 6.93. The average molecular weight is 547 g/mol. The Morgan fingerprint density at radius 2 is 1.51 bits per heavy atom. The first-order chi connectivity index (χ1) is 16.8. The lowest BCUT2D eigenvalue weighted by Gasteiger charge is -2.16. The number of likely N-dealkylation sites (tertiary alicyclic amines) is 1. The second-order valence-corrected chi connectivity index (χ2v) is 7.97. The number of amidine groups is 1. The zero-order chi connectivity index (χ0) is 25.6. The summed E-state index contributed by atoms with van der Waals surface area (Å²) in [6, 6.07) is 7.14. The number of hydrogen-bond acceptors (Lipinski definition) is 6. The van der Waals surface area contributed by atoms with Crippen LogP contribution in [0.3, 0.4) is 0 Å². The van der Waals surface area contributed by atoms with E-state index < -0.39 is 10.1 Å². The fraction of sp³-hybridized carbons (Fsp3) is 0.368. The van der Waals surface area contributed by atoms with Gasteiger partial charge in [0.1, 0.15) is 15.4 Å². The number of aromatic nitrogens is 2. The van der Waals surface area contributed by atoms with Crippen LogP contribution in [0.1, 0.15) is 24.0 Å². The summed E-state index contributed by atoms with van der Waals surface area (Å²) >= 11 is 16.7. The van der Waals surface area contributed by atoms with E-state index in [0.29, 0.717) is 48.1 Å². The zero-order valence-electron chi connectivity index (χ0n) is 18.3. The van der Waals surface area contributed by atoms with E-state index in [1.54, 1.807) is 24.5 Å². The maximum Gasteiger partial charge on any atom is 0.268 e. The molecule has 2 fully saturated rings. The number of alkyl halides is 1. The largest absolute Gasteiger partial charge is 0.351 e. The van der Waals surface area contributed by atoms with Gasteiger partial charge in [0.15, 0.2) is 15.9 Å². The predicted molar refractivity (Wildman–Crippen MR) is 133 cm³/mol. The molecule has 0 spiro atoms. The van der Waals surface area contributed by atoms with Crippen LogP contribution in [0.2, 0.25) is 10.3 Å². The van der Waals surface area contributed by atoms with Crippen LogP contribution in [0, 0.1) is 20.2 Å². The molecule has 0 bridgehead atoms. The Morgan fingerprint density at radius 3 is 2.00 bits per heavy atom. The molecule has 0 aromatic carbocycles. The third-order valence-electron chi connectivity index (χ3n) is 4.39. The number of guanidine groups is 1. The Balaban J connectivity index is 0.000000203. The summed E-state index contributed by atoms with van der Waals surface area (Å²) in [6.07, 6.45) is 4.88. The van der Waals surface area contributed by atoms with Crippen LogP contribution in [-0.4, -0.2) is 56.4 Å². The first kappa shape index (κ1) is 28.0. The predicted octanol–water partition coefficient (Wildman–Crippen LogP) is 3.12. The maximum absolute atomic E-state index is 10.4. The summed E-state index contributed by atoms with van der Waals surface area (Å²) in [4.78, 5) is 29.8. The number of halogens is 3. The summed E-state index contributed by atoms with van der Waals surface area (Å²) in [5.74, 6) is 1.27. The van der Waals surface area contributed by atoms with Gasteiger partial charge in [-0.2, -0.15) is 0 Å². The molecule has 13 nitrogen and oxygen atoms in total. The van der Waals surface area contributed by atoms with Crippen molar-refractivity contribution in [3.63, 3.8) is 0 Å². The van der Waals surface area contributed by atoms with Crippen LogP contribution in [0.25, 0.3) is 0 Å². The Bertz CT molecular complexity index is 1030. The SMILES string of the molecule is ClCc1ccc(Cl)nc1.O=[N+]([O-])N=C1CCCN1Cc1ccc(Cl)nc1.O=[N+]([O-])N=C1NCCN1.